The van der Waals surface area contributed by atoms with E-state index in [1.807, 2.05) is 73.8 Å². The number of methoxy groups -OCH3 is 2. The fourth-order valence-corrected chi connectivity index (χ4v) is 6.15. The number of benzene rings is 4. The Bertz CT molecular complexity index is 1530. The Balaban J connectivity index is 0.00000442. The van der Waals surface area contributed by atoms with Gasteiger partial charge in [-0.15, -0.1) is 12.4 Å². The van der Waals surface area contributed by atoms with Gasteiger partial charge in [0.05, 0.1) is 20.8 Å². The largest absolute Gasteiger partial charge is 0.493 e. The highest BCUT2D eigenvalue weighted by molar-refractivity contribution is 6.10. The van der Waals surface area contributed by atoms with Crippen molar-refractivity contribution in [1.82, 2.24) is 4.90 Å². The van der Waals surface area contributed by atoms with Crippen molar-refractivity contribution < 1.29 is 19.0 Å². The molecule has 1 heterocycles. The topological polar surface area (TPSA) is 51.2 Å². The third kappa shape index (κ3) is 6.87. The van der Waals surface area contributed by atoms with E-state index in [2.05, 4.69) is 42.3 Å². The molecule has 6 nitrogen and oxygen atoms in total. The molecule has 0 aromatic heterocycles. The fraction of sp³-hybridized carbons (Fsp3) is 0.324. The number of nitrogens with zero attached hydrogens (tertiary/aromatic N) is 2. The molecule has 0 N–H and O–H groups in total. The van der Waals surface area contributed by atoms with Crippen LogP contribution in [0.15, 0.2) is 97.1 Å². The lowest BCUT2D eigenvalue weighted by Gasteiger charge is -2.31. The lowest BCUT2D eigenvalue weighted by atomic mass is 9.71. The molecule has 1 amide bonds. The van der Waals surface area contributed by atoms with E-state index in [1.165, 1.54) is 5.56 Å². The maximum absolute atomic E-state index is 14.2. The highest BCUT2D eigenvalue weighted by Gasteiger charge is 2.52. The minimum absolute atomic E-state index is 0. The van der Waals surface area contributed by atoms with Crippen LogP contribution in [0.5, 0.6) is 17.2 Å². The van der Waals surface area contributed by atoms with Gasteiger partial charge in [-0.3, -0.25) is 4.79 Å². The summed E-state index contributed by atoms with van der Waals surface area (Å²) >= 11 is 0. The van der Waals surface area contributed by atoms with Gasteiger partial charge in [-0.25, -0.2) is 0 Å². The van der Waals surface area contributed by atoms with Gasteiger partial charge < -0.3 is 24.0 Å². The molecule has 1 aliphatic rings. The average Bonchev–Trinajstić information content (AvgIpc) is 3.26. The standard InChI is InChI=1S/C37H42N2O4.ClH/c1-38(24-22-28-20-21-34(41-3)35(26-28)42-4)23-12-13-25-43-33-19-11-9-17-31(33)37(27-29-14-6-5-7-15-29)30-16-8-10-18-32(30)39(2)36(37)40;/h5-11,14-21,26H,12-13,22-25,27H2,1-4H3;1H. The monoisotopic (exact) mass is 614 g/mol. The molecule has 0 saturated carbocycles. The molecule has 0 radical (unpaired) electrons. The van der Waals surface area contributed by atoms with Crippen molar-refractivity contribution in [2.75, 3.05) is 52.9 Å². The molecule has 0 aliphatic carbocycles. The Morgan fingerprint density at radius 1 is 0.727 bits per heavy atom. The fourth-order valence-electron chi connectivity index (χ4n) is 6.15. The first-order valence-corrected chi connectivity index (χ1v) is 15.0. The van der Waals surface area contributed by atoms with Crippen molar-refractivity contribution in [2.24, 2.45) is 0 Å². The van der Waals surface area contributed by atoms with Crippen LogP contribution in [-0.4, -0.2) is 58.8 Å². The van der Waals surface area contributed by atoms with Crippen LogP contribution in [0.4, 0.5) is 5.69 Å². The predicted molar refractivity (Wildman–Crippen MR) is 180 cm³/mol. The van der Waals surface area contributed by atoms with Gasteiger partial charge in [-0.05, 0) is 80.2 Å². The van der Waals surface area contributed by atoms with Gasteiger partial charge in [0, 0.05) is 24.8 Å². The summed E-state index contributed by atoms with van der Waals surface area (Å²) in [7, 11) is 7.35. The van der Waals surface area contributed by atoms with Crippen molar-refractivity contribution in [3.63, 3.8) is 0 Å². The van der Waals surface area contributed by atoms with Gasteiger partial charge in [-0.2, -0.15) is 0 Å². The number of anilines is 1. The molecule has 1 unspecified atom stereocenters. The summed E-state index contributed by atoms with van der Waals surface area (Å²) in [6, 6.07) is 32.6. The van der Waals surface area contributed by atoms with Gasteiger partial charge in [0.1, 0.15) is 11.2 Å². The van der Waals surface area contributed by atoms with Crippen molar-refractivity contribution >= 4 is 24.0 Å². The molecule has 0 spiro atoms. The molecular formula is C37H43ClN2O4. The van der Waals surface area contributed by atoms with Crippen LogP contribution in [0, 0.1) is 0 Å². The summed E-state index contributed by atoms with van der Waals surface area (Å²) in [5.41, 5.74) is 4.39. The number of hydrogen-bond acceptors (Lipinski definition) is 5. The van der Waals surface area contributed by atoms with Gasteiger partial charge >= 0.3 is 0 Å². The summed E-state index contributed by atoms with van der Waals surface area (Å²) < 4.78 is 17.3. The van der Waals surface area contributed by atoms with Crippen molar-refractivity contribution in [3.8, 4) is 17.2 Å². The molecule has 4 aromatic rings. The van der Waals surface area contributed by atoms with Crippen LogP contribution in [-0.2, 0) is 23.1 Å². The second-order valence-corrected chi connectivity index (χ2v) is 11.2. The third-order valence-electron chi connectivity index (χ3n) is 8.48. The highest BCUT2D eigenvalue weighted by Crippen LogP contribution is 2.50. The first kappa shape index (κ1) is 32.9. The Hall–Kier alpha value is -4.00. The summed E-state index contributed by atoms with van der Waals surface area (Å²) in [4.78, 5) is 18.3. The molecular weight excluding hydrogens is 572 g/mol. The molecule has 1 aliphatic heterocycles. The van der Waals surface area contributed by atoms with Gasteiger partial charge in [0.25, 0.3) is 0 Å². The molecule has 232 valence electrons. The van der Waals surface area contributed by atoms with Gasteiger partial charge in [0.15, 0.2) is 11.5 Å². The quantitative estimate of drug-likeness (QED) is 0.144. The lowest BCUT2D eigenvalue weighted by molar-refractivity contribution is -0.121. The van der Waals surface area contributed by atoms with Crippen LogP contribution in [0.1, 0.15) is 35.1 Å². The molecule has 0 saturated heterocycles. The minimum Gasteiger partial charge on any atom is -0.493 e. The summed E-state index contributed by atoms with van der Waals surface area (Å²) in [5.74, 6) is 2.36. The van der Waals surface area contributed by atoms with Crippen molar-refractivity contribution in [3.05, 3.63) is 119 Å². The van der Waals surface area contributed by atoms with Crippen LogP contribution < -0.4 is 19.1 Å². The first-order chi connectivity index (χ1) is 21.0. The zero-order chi connectivity index (χ0) is 30.2. The maximum atomic E-state index is 14.2. The summed E-state index contributed by atoms with van der Waals surface area (Å²) in [5, 5.41) is 0. The van der Waals surface area contributed by atoms with E-state index in [4.69, 9.17) is 14.2 Å². The highest BCUT2D eigenvalue weighted by atomic mass is 35.5. The zero-order valence-electron chi connectivity index (χ0n) is 26.1. The molecule has 5 rings (SSSR count). The maximum Gasteiger partial charge on any atom is 0.242 e. The van der Waals surface area contributed by atoms with E-state index in [9.17, 15) is 4.79 Å². The number of amides is 1. The van der Waals surface area contributed by atoms with Crippen LogP contribution >= 0.6 is 12.4 Å². The van der Waals surface area contributed by atoms with E-state index >= 15 is 0 Å². The number of hydrogen-bond donors (Lipinski definition) is 0. The first-order valence-electron chi connectivity index (χ1n) is 15.0. The van der Waals surface area contributed by atoms with Gasteiger partial charge in [0.2, 0.25) is 5.91 Å². The average molecular weight is 615 g/mol. The molecule has 1 atom stereocenters. The van der Waals surface area contributed by atoms with E-state index in [1.54, 1.807) is 19.1 Å². The smallest absolute Gasteiger partial charge is 0.242 e. The van der Waals surface area contributed by atoms with Crippen molar-refractivity contribution in [2.45, 2.75) is 31.1 Å². The normalized spacial score (nSPS) is 15.6. The van der Waals surface area contributed by atoms with Crippen molar-refractivity contribution in [1.29, 1.82) is 0 Å². The molecule has 44 heavy (non-hydrogen) atoms. The predicted octanol–water partition coefficient (Wildman–Crippen LogP) is 6.96. The Kier molecular flexibility index (Phi) is 11.3. The Labute approximate surface area is 268 Å². The van der Waals surface area contributed by atoms with Crippen LogP contribution in [0.25, 0.3) is 0 Å². The molecule has 0 bridgehead atoms. The minimum atomic E-state index is -0.854. The number of unbranched alkanes of at least 4 members (excludes halogenated alkanes) is 1. The number of fused-ring (bicyclic) bond motifs is 1. The Morgan fingerprint density at radius 3 is 2.16 bits per heavy atom. The number of para-hydroxylation sites is 2. The number of halogens is 1. The number of carbonyl (C=O) groups excluding carboxylic acids is 1. The van der Waals surface area contributed by atoms with E-state index in [0.29, 0.717) is 13.0 Å². The van der Waals surface area contributed by atoms with E-state index < -0.39 is 5.41 Å². The van der Waals surface area contributed by atoms with Crippen LogP contribution in [0.3, 0.4) is 0 Å². The zero-order valence-corrected chi connectivity index (χ0v) is 26.9. The number of likely N-dealkylation sites (N-methyl/N-ethyl adjacent to an activating group) is 2. The summed E-state index contributed by atoms with van der Waals surface area (Å²) in [6.07, 6.45) is 3.45. The molecule has 0 fully saturated rings. The van der Waals surface area contributed by atoms with Gasteiger partial charge in [-0.1, -0.05) is 72.8 Å². The lowest BCUT2D eigenvalue weighted by Crippen LogP contribution is -2.41. The molecule has 4 aromatic carbocycles. The second-order valence-electron chi connectivity index (χ2n) is 11.2. The number of rotatable bonds is 14. The SMILES string of the molecule is COc1ccc(CCN(C)CCCCOc2ccccc2C2(Cc3ccccc3)C(=O)N(C)c3ccccc32)cc1OC.Cl. The van der Waals surface area contributed by atoms with Crippen LogP contribution in [0.2, 0.25) is 0 Å². The number of carbonyl (C=O) groups is 1. The number of ether oxygens (including phenoxy) is 3. The second kappa shape index (κ2) is 15.1. The summed E-state index contributed by atoms with van der Waals surface area (Å²) in [6.45, 7) is 2.52. The van der Waals surface area contributed by atoms with E-state index in [0.717, 1.165) is 72.0 Å². The van der Waals surface area contributed by atoms with E-state index in [-0.39, 0.29) is 18.3 Å². The Morgan fingerprint density at radius 2 is 1.41 bits per heavy atom. The third-order valence-corrected chi connectivity index (χ3v) is 8.48. The molecule has 7 heteroatoms.